The van der Waals surface area contributed by atoms with Crippen molar-refractivity contribution in [1.82, 2.24) is 5.32 Å². The van der Waals surface area contributed by atoms with Crippen LogP contribution in [0.5, 0.6) is 0 Å². The van der Waals surface area contributed by atoms with Gasteiger partial charge in [-0.15, -0.1) is 0 Å². The Bertz CT molecular complexity index is 412. The molecule has 0 aliphatic carbocycles. The molecule has 4 heteroatoms. The second-order valence-electron chi connectivity index (χ2n) is 4.34. The minimum atomic E-state index is -0.308. The number of rotatable bonds is 2. The lowest BCUT2D eigenvalue weighted by atomic mass is 9.87. The Balaban J connectivity index is 2.39. The number of piperidine rings is 1. The van der Waals surface area contributed by atoms with Gasteiger partial charge in [-0.1, -0.05) is 6.07 Å². The molecule has 0 saturated carbocycles. The molecule has 1 atom stereocenters. The monoisotopic (exact) mass is 234 g/mol. The van der Waals surface area contributed by atoms with Crippen molar-refractivity contribution in [2.75, 3.05) is 25.9 Å². The molecular weight excluding hydrogens is 216 g/mol. The van der Waals surface area contributed by atoms with Gasteiger partial charge in [-0.3, -0.25) is 0 Å². The number of hydrogen-bond donors (Lipinski definition) is 2. The van der Waals surface area contributed by atoms with Gasteiger partial charge in [0.2, 0.25) is 0 Å². The Labute approximate surface area is 101 Å². The van der Waals surface area contributed by atoms with Crippen molar-refractivity contribution in [1.29, 1.82) is 0 Å². The summed E-state index contributed by atoms with van der Waals surface area (Å²) in [6.07, 6.45) is 2.17. The molecule has 1 aromatic rings. The minimum absolute atomic E-state index is 0.305. The molecule has 1 fully saturated rings. The molecule has 0 radical (unpaired) electrons. The average Bonchev–Trinajstić information content (AvgIpc) is 2.38. The van der Waals surface area contributed by atoms with Gasteiger partial charge in [0.15, 0.2) is 0 Å². The lowest BCUT2D eigenvalue weighted by Crippen LogP contribution is -2.30. The Morgan fingerprint density at radius 3 is 3.00 bits per heavy atom. The number of carbonyl (C=O) groups is 1. The highest BCUT2D eigenvalue weighted by molar-refractivity contribution is 5.93. The van der Waals surface area contributed by atoms with Crippen molar-refractivity contribution in [2.45, 2.75) is 18.8 Å². The van der Waals surface area contributed by atoms with Crippen LogP contribution in [0.25, 0.3) is 0 Å². The largest absolute Gasteiger partial charge is 0.465 e. The zero-order valence-corrected chi connectivity index (χ0v) is 10.0. The molecule has 1 aromatic carbocycles. The zero-order chi connectivity index (χ0) is 12.3. The molecule has 1 aliphatic rings. The Kier molecular flexibility index (Phi) is 3.64. The van der Waals surface area contributed by atoms with Crippen LogP contribution in [0.1, 0.15) is 34.7 Å². The first-order valence-electron chi connectivity index (χ1n) is 5.91. The van der Waals surface area contributed by atoms with Gasteiger partial charge in [-0.05, 0) is 43.0 Å². The normalized spacial score (nSPS) is 19.9. The molecule has 1 aliphatic heterocycles. The van der Waals surface area contributed by atoms with Crippen LogP contribution in [0.2, 0.25) is 0 Å². The molecule has 0 amide bonds. The van der Waals surface area contributed by atoms with Crippen molar-refractivity contribution >= 4 is 11.7 Å². The van der Waals surface area contributed by atoms with Gasteiger partial charge < -0.3 is 15.8 Å². The number of nitrogens with one attached hydrogen (secondary N) is 1. The quantitative estimate of drug-likeness (QED) is 0.601. The van der Waals surface area contributed by atoms with Gasteiger partial charge in [-0.2, -0.15) is 0 Å². The fourth-order valence-electron chi connectivity index (χ4n) is 2.42. The molecule has 0 aromatic heterocycles. The Morgan fingerprint density at radius 2 is 2.35 bits per heavy atom. The molecule has 1 unspecified atom stereocenters. The first kappa shape index (κ1) is 11.9. The van der Waals surface area contributed by atoms with Gasteiger partial charge in [0.25, 0.3) is 0 Å². The van der Waals surface area contributed by atoms with Crippen molar-refractivity contribution in [2.24, 2.45) is 0 Å². The van der Waals surface area contributed by atoms with Gasteiger partial charge in [0.05, 0.1) is 12.7 Å². The third kappa shape index (κ3) is 2.42. The topological polar surface area (TPSA) is 64.3 Å². The van der Waals surface area contributed by atoms with E-state index in [9.17, 15) is 4.79 Å². The molecule has 17 heavy (non-hydrogen) atoms. The number of benzene rings is 1. The number of carbonyl (C=O) groups excluding carboxylic acids is 1. The summed E-state index contributed by atoms with van der Waals surface area (Å²) >= 11 is 0. The molecular formula is C13H18N2O2. The molecule has 4 nitrogen and oxygen atoms in total. The first-order chi connectivity index (χ1) is 8.24. The van der Waals surface area contributed by atoms with E-state index in [1.54, 1.807) is 12.1 Å². The summed E-state index contributed by atoms with van der Waals surface area (Å²) in [5, 5.41) is 3.34. The molecule has 0 spiro atoms. The van der Waals surface area contributed by atoms with Crippen molar-refractivity contribution in [3.63, 3.8) is 0 Å². The molecule has 92 valence electrons. The predicted octanol–water partition coefficient (Wildman–Crippen LogP) is 1.52. The van der Waals surface area contributed by atoms with E-state index in [1.165, 1.54) is 7.11 Å². The Morgan fingerprint density at radius 1 is 1.53 bits per heavy atom. The third-order valence-corrected chi connectivity index (χ3v) is 3.25. The number of nitrogens with two attached hydrogens (primary N) is 1. The minimum Gasteiger partial charge on any atom is -0.465 e. The summed E-state index contributed by atoms with van der Waals surface area (Å²) < 4.78 is 4.81. The molecule has 2 rings (SSSR count). The van der Waals surface area contributed by atoms with Gasteiger partial charge in [0.1, 0.15) is 0 Å². The first-order valence-corrected chi connectivity index (χ1v) is 5.91. The van der Waals surface area contributed by atoms with E-state index in [4.69, 9.17) is 10.5 Å². The van der Waals surface area contributed by atoms with Crippen LogP contribution in [0.4, 0.5) is 5.69 Å². The number of esters is 1. The second-order valence-corrected chi connectivity index (χ2v) is 4.34. The molecule has 1 saturated heterocycles. The second kappa shape index (κ2) is 5.19. The highest BCUT2D eigenvalue weighted by Gasteiger charge is 2.23. The lowest BCUT2D eigenvalue weighted by Gasteiger charge is -2.25. The van der Waals surface area contributed by atoms with E-state index in [2.05, 4.69) is 5.32 Å². The van der Waals surface area contributed by atoms with E-state index in [0.717, 1.165) is 31.5 Å². The maximum atomic E-state index is 11.7. The Hall–Kier alpha value is -1.55. The van der Waals surface area contributed by atoms with E-state index >= 15 is 0 Å². The summed E-state index contributed by atoms with van der Waals surface area (Å²) in [5.41, 5.74) is 8.23. The standard InChI is InChI=1S/C13H18N2O2/c1-17-13(16)10-5-2-6-11(14)12(10)9-4-3-7-15-8-9/h2,5-6,9,15H,3-4,7-8,14H2,1H3. The van der Waals surface area contributed by atoms with Crippen molar-refractivity contribution in [3.05, 3.63) is 29.3 Å². The smallest absolute Gasteiger partial charge is 0.338 e. The number of methoxy groups -OCH3 is 1. The summed E-state index contributed by atoms with van der Waals surface area (Å²) in [7, 11) is 1.40. The fourth-order valence-corrected chi connectivity index (χ4v) is 2.42. The van der Waals surface area contributed by atoms with Gasteiger partial charge >= 0.3 is 5.97 Å². The van der Waals surface area contributed by atoms with Crippen molar-refractivity contribution in [3.8, 4) is 0 Å². The highest BCUT2D eigenvalue weighted by Crippen LogP contribution is 2.31. The average molecular weight is 234 g/mol. The van der Waals surface area contributed by atoms with Crippen LogP contribution in [-0.2, 0) is 4.74 Å². The predicted molar refractivity (Wildman–Crippen MR) is 67.0 cm³/mol. The van der Waals surface area contributed by atoms with E-state index < -0.39 is 0 Å². The number of ether oxygens (including phenoxy) is 1. The molecule has 3 N–H and O–H groups in total. The van der Waals surface area contributed by atoms with Crippen LogP contribution in [0, 0.1) is 0 Å². The van der Waals surface area contributed by atoms with Crippen LogP contribution in [0.15, 0.2) is 18.2 Å². The van der Waals surface area contributed by atoms with Crippen molar-refractivity contribution < 1.29 is 9.53 Å². The van der Waals surface area contributed by atoms with Crippen LogP contribution < -0.4 is 11.1 Å². The van der Waals surface area contributed by atoms with Crippen LogP contribution >= 0.6 is 0 Å². The SMILES string of the molecule is COC(=O)c1cccc(N)c1C1CCCNC1. The fraction of sp³-hybridized carbons (Fsp3) is 0.462. The summed E-state index contributed by atoms with van der Waals surface area (Å²) in [6.45, 7) is 1.91. The summed E-state index contributed by atoms with van der Waals surface area (Å²) in [4.78, 5) is 11.7. The van der Waals surface area contributed by atoms with Gasteiger partial charge in [0, 0.05) is 12.2 Å². The maximum absolute atomic E-state index is 11.7. The van der Waals surface area contributed by atoms with Crippen LogP contribution in [0.3, 0.4) is 0 Å². The van der Waals surface area contributed by atoms with E-state index in [-0.39, 0.29) is 5.97 Å². The summed E-state index contributed by atoms with van der Waals surface area (Å²) in [5.74, 6) is -0.00285. The third-order valence-electron chi connectivity index (χ3n) is 3.25. The molecule has 0 bridgehead atoms. The van der Waals surface area contributed by atoms with Gasteiger partial charge in [-0.25, -0.2) is 4.79 Å². The lowest BCUT2D eigenvalue weighted by molar-refractivity contribution is 0.0598. The molecule has 1 heterocycles. The zero-order valence-electron chi connectivity index (χ0n) is 10.0. The maximum Gasteiger partial charge on any atom is 0.338 e. The highest BCUT2D eigenvalue weighted by atomic mass is 16.5. The van der Waals surface area contributed by atoms with E-state index in [0.29, 0.717) is 17.2 Å². The summed E-state index contributed by atoms with van der Waals surface area (Å²) in [6, 6.07) is 5.42. The number of hydrogen-bond acceptors (Lipinski definition) is 4. The van der Waals surface area contributed by atoms with Crippen LogP contribution in [-0.4, -0.2) is 26.2 Å². The number of nitrogen functional groups attached to an aromatic ring is 1. The number of anilines is 1. The van der Waals surface area contributed by atoms with E-state index in [1.807, 2.05) is 6.07 Å².